The van der Waals surface area contributed by atoms with Crippen LogP contribution in [-0.4, -0.2) is 45.5 Å². The molecule has 6 heteroatoms. The average Bonchev–Trinajstić information content (AvgIpc) is 3.59. The fourth-order valence-electron chi connectivity index (χ4n) is 5.27. The van der Waals surface area contributed by atoms with Gasteiger partial charge in [0.1, 0.15) is 0 Å². The number of benzene rings is 2. The van der Waals surface area contributed by atoms with Crippen LogP contribution < -0.4 is 20.0 Å². The van der Waals surface area contributed by atoms with Crippen molar-refractivity contribution in [1.82, 2.24) is 0 Å². The summed E-state index contributed by atoms with van der Waals surface area (Å²) in [6, 6.07) is 14.6. The molecule has 0 radical (unpaired) electrons. The minimum atomic E-state index is -0.0455. The van der Waals surface area contributed by atoms with Gasteiger partial charge in [-0.2, -0.15) is 0 Å². The van der Waals surface area contributed by atoms with Crippen LogP contribution in [0.4, 0.5) is 22.7 Å². The van der Waals surface area contributed by atoms with Crippen LogP contribution in [0.3, 0.4) is 0 Å². The van der Waals surface area contributed by atoms with E-state index in [1.54, 1.807) is 4.90 Å². The lowest BCUT2D eigenvalue weighted by Crippen LogP contribution is -2.37. The van der Waals surface area contributed by atoms with Crippen LogP contribution in [-0.2, 0) is 9.59 Å². The van der Waals surface area contributed by atoms with E-state index in [1.807, 2.05) is 44.0 Å². The lowest BCUT2D eigenvalue weighted by molar-refractivity contribution is -0.122. The summed E-state index contributed by atoms with van der Waals surface area (Å²) in [5, 5.41) is 3.43. The summed E-state index contributed by atoms with van der Waals surface area (Å²) in [5.41, 5.74) is 5.42. The fourth-order valence-corrected chi connectivity index (χ4v) is 5.27. The molecule has 1 saturated carbocycles. The third-order valence-corrected chi connectivity index (χ3v) is 7.32. The molecule has 4 atom stereocenters. The van der Waals surface area contributed by atoms with E-state index in [1.165, 1.54) is 5.56 Å². The smallest absolute Gasteiger partial charge is 0.231 e. The SMILES string of the molecule is C[C@H]1CN(C)c2cc(C3CC3CN3C(=O)[C@@H](C)CNc4ccccc43)ccc2N(C)C1=O. The number of rotatable bonds is 3. The Hall–Kier alpha value is -3.02. The van der Waals surface area contributed by atoms with Crippen LogP contribution in [0.1, 0.15) is 31.7 Å². The van der Waals surface area contributed by atoms with Gasteiger partial charge in [-0.3, -0.25) is 9.59 Å². The predicted molar refractivity (Wildman–Crippen MR) is 130 cm³/mol. The van der Waals surface area contributed by atoms with Crippen molar-refractivity contribution in [2.24, 2.45) is 17.8 Å². The van der Waals surface area contributed by atoms with Crippen molar-refractivity contribution >= 4 is 34.6 Å². The van der Waals surface area contributed by atoms with Crippen molar-refractivity contribution in [2.45, 2.75) is 26.2 Å². The highest BCUT2D eigenvalue weighted by molar-refractivity contribution is 6.00. The second kappa shape index (κ2) is 7.84. The molecule has 0 bridgehead atoms. The molecule has 1 aliphatic carbocycles. The molecule has 2 amide bonds. The largest absolute Gasteiger partial charge is 0.383 e. The van der Waals surface area contributed by atoms with E-state index >= 15 is 0 Å². The van der Waals surface area contributed by atoms with E-state index in [-0.39, 0.29) is 23.7 Å². The summed E-state index contributed by atoms with van der Waals surface area (Å²) in [6.45, 7) is 6.12. The molecule has 2 heterocycles. The van der Waals surface area contributed by atoms with Crippen molar-refractivity contribution in [2.75, 3.05) is 53.7 Å². The molecule has 2 unspecified atom stereocenters. The lowest BCUT2D eigenvalue weighted by Gasteiger charge is -2.25. The molecule has 0 aromatic heterocycles. The number of carbonyl (C=O) groups is 2. The Bertz CT molecular complexity index is 1070. The minimum Gasteiger partial charge on any atom is -0.383 e. The van der Waals surface area contributed by atoms with Gasteiger partial charge in [-0.25, -0.2) is 0 Å². The van der Waals surface area contributed by atoms with Gasteiger partial charge in [-0.05, 0) is 48.1 Å². The molecule has 2 aliphatic heterocycles. The third-order valence-electron chi connectivity index (χ3n) is 7.32. The number of para-hydroxylation sites is 2. The van der Waals surface area contributed by atoms with E-state index in [4.69, 9.17) is 0 Å². The number of carbonyl (C=O) groups excluding carboxylic acids is 2. The van der Waals surface area contributed by atoms with Gasteiger partial charge in [-0.1, -0.05) is 32.0 Å². The fraction of sp³-hybridized carbons (Fsp3) is 0.462. The van der Waals surface area contributed by atoms with Crippen molar-refractivity contribution < 1.29 is 9.59 Å². The molecule has 5 rings (SSSR count). The topological polar surface area (TPSA) is 55.9 Å². The summed E-state index contributed by atoms with van der Waals surface area (Å²) in [6.07, 6.45) is 1.08. The maximum absolute atomic E-state index is 13.1. The zero-order valence-electron chi connectivity index (χ0n) is 19.3. The maximum Gasteiger partial charge on any atom is 0.231 e. The quantitative estimate of drug-likeness (QED) is 0.798. The molecule has 32 heavy (non-hydrogen) atoms. The minimum absolute atomic E-state index is 0.0285. The Morgan fingerprint density at radius 2 is 1.72 bits per heavy atom. The Morgan fingerprint density at radius 1 is 0.938 bits per heavy atom. The van der Waals surface area contributed by atoms with Gasteiger partial charge in [0.05, 0.1) is 34.6 Å². The van der Waals surface area contributed by atoms with Gasteiger partial charge in [0.15, 0.2) is 0 Å². The van der Waals surface area contributed by atoms with Crippen LogP contribution in [0.15, 0.2) is 42.5 Å². The Labute approximate surface area is 190 Å². The number of hydrogen-bond acceptors (Lipinski definition) is 4. The zero-order valence-corrected chi connectivity index (χ0v) is 19.3. The summed E-state index contributed by atoms with van der Waals surface area (Å²) < 4.78 is 0. The van der Waals surface area contributed by atoms with Crippen LogP contribution in [0.25, 0.3) is 0 Å². The zero-order chi connectivity index (χ0) is 22.6. The van der Waals surface area contributed by atoms with E-state index in [2.05, 4.69) is 41.5 Å². The van der Waals surface area contributed by atoms with Crippen LogP contribution in [0.5, 0.6) is 0 Å². The maximum atomic E-state index is 13.1. The molecule has 0 saturated heterocycles. The molecule has 168 valence electrons. The first-order valence-electron chi connectivity index (χ1n) is 11.6. The van der Waals surface area contributed by atoms with Gasteiger partial charge in [0.2, 0.25) is 11.8 Å². The van der Waals surface area contributed by atoms with Crippen LogP contribution in [0, 0.1) is 17.8 Å². The van der Waals surface area contributed by atoms with E-state index in [9.17, 15) is 9.59 Å². The highest BCUT2D eigenvalue weighted by atomic mass is 16.2. The van der Waals surface area contributed by atoms with Crippen LogP contribution in [0.2, 0.25) is 0 Å². The second-order valence-corrected chi connectivity index (χ2v) is 9.78. The highest BCUT2D eigenvalue weighted by Crippen LogP contribution is 2.50. The third kappa shape index (κ3) is 3.51. The Balaban J connectivity index is 1.38. The first-order chi connectivity index (χ1) is 15.3. The summed E-state index contributed by atoms with van der Waals surface area (Å²) in [4.78, 5) is 31.7. The molecule has 3 aliphatic rings. The van der Waals surface area contributed by atoms with Crippen molar-refractivity contribution in [1.29, 1.82) is 0 Å². The van der Waals surface area contributed by atoms with Crippen LogP contribution >= 0.6 is 0 Å². The van der Waals surface area contributed by atoms with Crippen molar-refractivity contribution in [3.8, 4) is 0 Å². The molecule has 2 aromatic rings. The van der Waals surface area contributed by atoms with Gasteiger partial charge in [0.25, 0.3) is 0 Å². The van der Waals surface area contributed by atoms with Gasteiger partial charge < -0.3 is 20.0 Å². The average molecular weight is 433 g/mol. The monoisotopic (exact) mass is 432 g/mol. The van der Waals surface area contributed by atoms with Crippen molar-refractivity contribution in [3.05, 3.63) is 48.0 Å². The summed E-state index contributed by atoms with van der Waals surface area (Å²) >= 11 is 0. The first-order valence-corrected chi connectivity index (χ1v) is 11.6. The molecule has 0 spiro atoms. The number of fused-ring (bicyclic) bond motifs is 2. The first kappa shape index (κ1) is 20.9. The Morgan fingerprint density at radius 3 is 2.53 bits per heavy atom. The van der Waals surface area contributed by atoms with Gasteiger partial charge >= 0.3 is 0 Å². The number of amides is 2. The molecular formula is C26H32N4O2. The molecule has 1 fully saturated rings. The van der Waals surface area contributed by atoms with E-state index in [0.29, 0.717) is 18.4 Å². The lowest BCUT2D eigenvalue weighted by atomic mass is 10.1. The number of anilines is 4. The summed E-state index contributed by atoms with van der Waals surface area (Å²) in [5.74, 6) is 1.18. The van der Waals surface area contributed by atoms with Crippen molar-refractivity contribution in [3.63, 3.8) is 0 Å². The number of nitrogens with one attached hydrogen (secondary N) is 1. The molecule has 1 N–H and O–H groups in total. The summed E-state index contributed by atoms with van der Waals surface area (Å²) in [7, 11) is 3.94. The number of hydrogen-bond donors (Lipinski definition) is 1. The number of nitrogens with zero attached hydrogens (tertiary/aromatic N) is 3. The predicted octanol–water partition coefficient (Wildman–Crippen LogP) is 3.93. The molecule has 6 nitrogen and oxygen atoms in total. The molecular weight excluding hydrogens is 400 g/mol. The van der Waals surface area contributed by atoms with Gasteiger partial charge in [0, 0.05) is 33.7 Å². The van der Waals surface area contributed by atoms with Gasteiger partial charge in [-0.15, -0.1) is 0 Å². The normalized spacial score (nSPS) is 27.3. The molecule has 2 aromatic carbocycles. The van der Waals surface area contributed by atoms with E-state index < -0.39 is 0 Å². The Kier molecular flexibility index (Phi) is 5.11. The standard InChI is InChI=1S/C26H32N4O2/c1-16-13-27-21-7-5-6-8-22(21)30(26(16)32)15-19-11-20(19)18-9-10-23-24(12-18)28(3)14-17(2)25(31)29(23)4/h5-10,12,16-17,19-20,27H,11,13-15H2,1-4H3/t16-,17-,19?,20?/m0/s1. The van der Waals surface area contributed by atoms with E-state index in [0.717, 1.165) is 42.3 Å². The second-order valence-electron chi connectivity index (χ2n) is 9.78. The highest BCUT2D eigenvalue weighted by Gasteiger charge is 2.42.